The van der Waals surface area contributed by atoms with Gasteiger partial charge in [-0.2, -0.15) is 0 Å². The molecule has 0 aromatic heterocycles. The Morgan fingerprint density at radius 1 is 1.17 bits per heavy atom. The second-order valence-corrected chi connectivity index (χ2v) is 10.2. The van der Waals surface area contributed by atoms with Crippen LogP contribution in [-0.2, 0) is 27.1 Å². The van der Waals surface area contributed by atoms with Crippen LogP contribution in [0.5, 0.6) is 0 Å². The monoisotopic (exact) mass is 439 g/mol. The van der Waals surface area contributed by atoms with Crippen LogP contribution in [0.4, 0.5) is 0 Å². The Balaban J connectivity index is 1.95. The van der Waals surface area contributed by atoms with Crippen LogP contribution >= 0.6 is 0 Å². The highest BCUT2D eigenvalue weighted by Crippen LogP contribution is 2.15. The number of morpholine rings is 1. The summed E-state index contributed by atoms with van der Waals surface area (Å²) in [5.41, 5.74) is 1.68. The van der Waals surface area contributed by atoms with Crippen LogP contribution in [0.25, 0.3) is 0 Å². The summed E-state index contributed by atoms with van der Waals surface area (Å²) < 4.78 is 32.8. The molecule has 0 bridgehead atoms. The number of ether oxygens (including phenoxy) is 1. The number of hydrogen-bond acceptors (Lipinski definition) is 5. The summed E-state index contributed by atoms with van der Waals surface area (Å²) >= 11 is 0. The molecule has 170 valence electrons. The highest BCUT2D eigenvalue weighted by molar-refractivity contribution is 7.88. The maximum atomic E-state index is 12.3. The Kier molecular flexibility index (Phi) is 9.09. The number of aliphatic imine (C=N–C) groups is 1. The molecule has 0 atom stereocenters. The van der Waals surface area contributed by atoms with Crippen LogP contribution in [0.2, 0.25) is 0 Å². The summed E-state index contributed by atoms with van der Waals surface area (Å²) in [6.45, 7) is 12.7. The van der Waals surface area contributed by atoms with Gasteiger partial charge in [0.1, 0.15) is 0 Å². The summed E-state index contributed by atoms with van der Waals surface area (Å²) in [5, 5.41) is 6.71. The summed E-state index contributed by atoms with van der Waals surface area (Å²) in [6, 6.07) is 7.45. The second-order valence-electron chi connectivity index (χ2n) is 8.49. The maximum absolute atomic E-state index is 12.3. The van der Waals surface area contributed by atoms with E-state index in [1.807, 2.05) is 38.1 Å². The van der Waals surface area contributed by atoms with Crippen LogP contribution in [0.3, 0.4) is 0 Å². The van der Waals surface area contributed by atoms with E-state index in [-0.39, 0.29) is 17.3 Å². The number of nitrogens with one attached hydrogen (secondary N) is 3. The summed E-state index contributed by atoms with van der Waals surface area (Å²) in [4.78, 5) is 6.73. The van der Waals surface area contributed by atoms with Crippen molar-refractivity contribution in [1.82, 2.24) is 20.3 Å². The standard InChI is InChI=1S/C21H37N5O3S/c1-17(2)25-30(27,28)15-19-9-7-6-8-18(19)14-23-20(22-5)24-16-21(3,4)26-10-12-29-13-11-26/h6-9,17,25H,10-16H2,1-5H3,(H2,22,23,24). The lowest BCUT2D eigenvalue weighted by Gasteiger charge is -2.41. The first-order valence-corrected chi connectivity index (χ1v) is 12.1. The molecule has 0 amide bonds. The highest BCUT2D eigenvalue weighted by Gasteiger charge is 2.28. The van der Waals surface area contributed by atoms with Crippen LogP contribution in [0.1, 0.15) is 38.8 Å². The van der Waals surface area contributed by atoms with E-state index in [9.17, 15) is 8.42 Å². The number of sulfonamides is 1. The molecule has 0 saturated carbocycles. The van der Waals surface area contributed by atoms with E-state index in [1.165, 1.54) is 0 Å². The SMILES string of the molecule is CN=C(NCc1ccccc1CS(=O)(=O)NC(C)C)NCC(C)(C)N1CCOCC1. The first-order chi connectivity index (χ1) is 14.1. The lowest BCUT2D eigenvalue weighted by Crippen LogP contribution is -2.56. The normalized spacial score (nSPS) is 16.7. The third-order valence-corrected chi connectivity index (χ3v) is 6.63. The van der Waals surface area contributed by atoms with Crippen molar-refractivity contribution in [2.24, 2.45) is 4.99 Å². The van der Waals surface area contributed by atoms with Crippen molar-refractivity contribution in [3.05, 3.63) is 35.4 Å². The van der Waals surface area contributed by atoms with Gasteiger partial charge in [0.05, 0.1) is 19.0 Å². The molecule has 0 aliphatic carbocycles. The summed E-state index contributed by atoms with van der Waals surface area (Å²) in [6.07, 6.45) is 0. The fourth-order valence-corrected chi connectivity index (χ4v) is 4.95. The van der Waals surface area contributed by atoms with Gasteiger partial charge in [-0.15, -0.1) is 0 Å². The average molecular weight is 440 g/mol. The van der Waals surface area contributed by atoms with Crippen molar-refractivity contribution >= 4 is 16.0 Å². The Hall–Kier alpha value is -1.68. The molecule has 0 spiro atoms. The molecule has 1 heterocycles. The molecule has 0 radical (unpaired) electrons. The van der Waals surface area contributed by atoms with Gasteiger partial charge in [-0.05, 0) is 38.8 Å². The molecular weight excluding hydrogens is 402 g/mol. The van der Waals surface area contributed by atoms with Gasteiger partial charge in [-0.25, -0.2) is 13.1 Å². The molecule has 1 aromatic carbocycles. The molecule has 8 nitrogen and oxygen atoms in total. The predicted molar refractivity (Wildman–Crippen MR) is 122 cm³/mol. The molecule has 9 heteroatoms. The second kappa shape index (κ2) is 11.1. The zero-order valence-electron chi connectivity index (χ0n) is 18.9. The van der Waals surface area contributed by atoms with Crippen LogP contribution < -0.4 is 15.4 Å². The summed E-state index contributed by atoms with van der Waals surface area (Å²) in [5.74, 6) is 0.647. The minimum Gasteiger partial charge on any atom is -0.379 e. The van der Waals surface area contributed by atoms with Crippen LogP contribution in [-0.4, -0.2) is 70.8 Å². The maximum Gasteiger partial charge on any atom is 0.216 e. The zero-order valence-corrected chi connectivity index (χ0v) is 19.7. The van der Waals surface area contributed by atoms with Gasteiger partial charge in [0.2, 0.25) is 10.0 Å². The first kappa shape index (κ1) is 24.6. The Labute approximate surface area is 181 Å². The van der Waals surface area contributed by atoms with Crippen molar-refractivity contribution in [2.45, 2.75) is 51.6 Å². The van der Waals surface area contributed by atoms with E-state index in [0.29, 0.717) is 12.5 Å². The minimum atomic E-state index is -3.38. The molecule has 30 heavy (non-hydrogen) atoms. The van der Waals surface area contributed by atoms with Crippen molar-refractivity contribution in [2.75, 3.05) is 39.9 Å². The van der Waals surface area contributed by atoms with Gasteiger partial charge < -0.3 is 15.4 Å². The van der Waals surface area contributed by atoms with E-state index in [0.717, 1.165) is 44.0 Å². The topological polar surface area (TPSA) is 95.1 Å². The molecule has 1 aliphatic rings. The first-order valence-electron chi connectivity index (χ1n) is 10.5. The van der Waals surface area contributed by atoms with Crippen molar-refractivity contribution in [3.63, 3.8) is 0 Å². The van der Waals surface area contributed by atoms with E-state index < -0.39 is 10.0 Å². The van der Waals surface area contributed by atoms with Gasteiger partial charge in [0, 0.05) is 44.8 Å². The lowest BCUT2D eigenvalue weighted by molar-refractivity contribution is -0.00834. The molecule has 0 unspecified atom stereocenters. The van der Waals surface area contributed by atoms with E-state index in [2.05, 4.69) is 39.1 Å². The van der Waals surface area contributed by atoms with E-state index in [1.54, 1.807) is 7.05 Å². The van der Waals surface area contributed by atoms with Gasteiger partial charge in [0.15, 0.2) is 5.96 Å². The van der Waals surface area contributed by atoms with E-state index in [4.69, 9.17) is 4.74 Å². The van der Waals surface area contributed by atoms with Gasteiger partial charge in [-0.3, -0.25) is 9.89 Å². The summed E-state index contributed by atoms with van der Waals surface area (Å²) in [7, 11) is -1.65. The molecular formula is C21H37N5O3S. The fraction of sp³-hybridized carbons (Fsp3) is 0.667. The molecule has 1 aromatic rings. The average Bonchev–Trinajstić information content (AvgIpc) is 2.68. The molecule has 1 saturated heterocycles. The Morgan fingerprint density at radius 3 is 2.40 bits per heavy atom. The largest absolute Gasteiger partial charge is 0.379 e. The molecule has 1 fully saturated rings. The number of nitrogens with zero attached hydrogens (tertiary/aromatic N) is 2. The zero-order chi connectivity index (χ0) is 22.2. The van der Waals surface area contributed by atoms with Crippen LogP contribution in [0.15, 0.2) is 29.3 Å². The number of rotatable bonds is 9. The van der Waals surface area contributed by atoms with Crippen LogP contribution in [0, 0.1) is 0 Å². The van der Waals surface area contributed by atoms with Gasteiger partial charge in [0.25, 0.3) is 0 Å². The smallest absolute Gasteiger partial charge is 0.216 e. The van der Waals surface area contributed by atoms with Gasteiger partial charge in [-0.1, -0.05) is 24.3 Å². The molecule has 2 rings (SSSR count). The van der Waals surface area contributed by atoms with E-state index >= 15 is 0 Å². The Bertz CT molecular complexity index is 803. The third kappa shape index (κ3) is 7.86. The molecule has 3 N–H and O–H groups in total. The van der Waals surface area contributed by atoms with Crippen molar-refractivity contribution in [3.8, 4) is 0 Å². The third-order valence-electron chi connectivity index (χ3n) is 5.10. The Morgan fingerprint density at radius 2 is 1.80 bits per heavy atom. The number of guanidine groups is 1. The quantitative estimate of drug-likeness (QED) is 0.396. The van der Waals surface area contributed by atoms with Crippen molar-refractivity contribution < 1.29 is 13.2 Å². The van der Waals surface area contributed by atoms with Crippen molar-refractivity contribution in [1.29, 1.82) is 0 Å². The highest BCUT2D eigenvalue weighted by atomic mass is 32.2. The lowest BCUT2D eigenvalue weighted by atomic mass is 10.0. The van der Waals surface area contributed by atoms with Gasteiger partial charge >= 0.3 is 0 Å². The predicted octanol–water partition coefficient (Wildman–Crippen LogP) is 1.29. The molecule has 1 aliphatic heterocycles. The number of hydrogen-bond donors (Lipinski definition) is 3. The fourth-order valence-electron chi connectivity index (χ4n) is 3.46. The number of benzene rings is 1. The minimum absolute atomic E-state index is 0.0318.